The Labute approximate surface area is 365 Å². The molecule has 3 atom stereocenters. The summed E-state index contributed by atoms with van der Waals surface area (Å²) in [5.41, 5.74) is 12.4. The predicted molar refractivity (Wildman–Crippen MR) is 236 cm³/mol. The predicted octanol–water partition coefficient (Wildman–Crippen LogP) is 3.64. The van der Waals surface area contributed by atoms with Gasteiger partial charge in [-0.1, -0.05) is 24.3 Å². The van der Waals surface area contributed by atoms with Crippen LogP contribution < -0.4 is 25.8 Å². The van der Waals surface area contributed by atoms with E-state index in [-0.39, 0.29) is 41.5 Å². The monoisotopic (exact) mass is 852 g/mol. The number of carbonyl (C=O) groups is 5. The van der Waals surface area contributed by atoms with E-state index in [1.807, 2.05) is 29.2 Å². The first-order valence-corrected chi connectivity index (χ1v) is 22.2. The first-order chi connectivity index (χ1) is 30.6. The number of piperidine rings is 2. The number of imide groups is 2. The van der Waals surface area contributed by atoms with E-state index >= 15 is 0 Å². The molecular formula is C47H52N10O6. The van der Waals surface area contributed by atoms with Crippen LogP contribution in [0, 0.1) is 5.92 Å². The van der Waals surface area contributed by atoms with E-state index in [1.54, 1.807) is 24.3 Å². The Bertz CT molecular complexity index is 2470. The number of rotatable bonds is 9. The smallest absolute Gasteiger partial charge is 0.262 e. The molecular weight excluding hydrogens is 801 g/mol. The molecule has 0 aliphatic carbocycles. The van der Waals surface area contributed by atoms with E-state index in [1.165, 1.54) is 11.3 Å². The van der Waals surface area contributed by atoms with Gasteiger partial charge in [-0.2, -0.15) is 0 Å². The minimum absolute atomic E-state index is 0.0794. The number of piperazine rings is 2. The maximum absolute atomic E-state index is 13.5. The fourth-order valence-electron chi connectivity index (χ4n) is 10.6. The summed E-state index contributed by atoms with van der Waals surface area (Å²) in [7, 11) is 0. The van der Waals surface area contributed by atoms with E-state index in [0.29, 0.717) is 48.7 Å². The number of aromatic nitrogens is 2. The molecule has 63 heavy (non-hydrogen) atoms. The number of amides is 5. The zero-order chi connectivity index (χ0) is 43.4. The molecule has 326 valence electrons. The first-order valence-electron chi connectivity index (χ1n) is 22.2. The Morgan fingerprint density at radius 2 is 1.48 bits per heavy atom. The number of para-hydroxylation sites is 1. The third-order valence-corrected chi connectivity index (χ3v) is 14.0. The highest BCUT2D eigenvalue weighted by atomic mass is 16.3. The highest BCUT2D eigenvalue weighted by molar-refractivity contribution is 6.23. The Balaban J connectivity index is 0.694. The average Bonchev–Trinajstić information content (AvgIpc) is 3.70. The van der Waals surface area contributed by atoms with Crippen molar-refractivity contribution in [2.45, 2.75) is 69.6 Å². The highest BCUT2D eigenvalue weighted by Crippen LogP contribution is 2.40. The molecule has 5 amide bonds. The third kappa shape index (κ3) is 7.81. The second-order valence-corrected chi connectivity index (χ2v) is 17.9. The van der Waals surface area contributed by atoms with Crippen LogP contribution in [0.5, 0.6) is 5.75 Å². The SMILES string of the molecule is Nc1nnc(-c2ccccc2O)cc1N1CC2CCC(C1)N2c1cccc(CN2CCN(C(=O)CC3CCN(c4ccc5c(c4)C(=O)N(C4CCC(=O)NC4=O)C5=O)CC3)CC2)c1. The van der Waals surface area contributed by atoms with Gasteiger partial charge in [0.2, 0.25) is 17.7 Å². The van der Waals surface area contributed by atoms with Crippen LogP contribution in [0.2, 0.25) is 0 Å². The van der Waals surface area contributed by atoms with Gasteiger partial charge in [0.25, 0.3) is 11.8 Å². The lowest BCUT2D eigenvalue weighted by Crippen LogP contribution is -2.54. The molecule has 6 aliphatic rings. The van der Waals surface area contributed by atoms with E-state index < -0.39 is 29.7 Å². The lowest BCUT2D eigenvalue weighted by molar-refractivity contribution is -0.136. The largest absolute Gasteiger partial charge is 0.507 e. The Kier molecular flexibility index (Phi) is 10.7. The number of nitrogens with one attached hydrogen (secondary N) is 1. The lowest BCUT2D eigenvalue weighted by Gasteiger charge is -2.43. The van der Waals surface area contributed by atoms with Crippen molar-refractivity contribution < 1.29 is 29.1 Å². The summed E-state index contributed by atoms with van der Waals surface area (Å²) in [4.78, 5) is 76.7. The van der Waals surface area contributed by atoms with Crippen LogP contribution in [-0.4, -0.2) is 130 Å². The summed E-state index contributed by atoms with van der Waals surface area (Å²) in [6, 6.07) is 22.9. The molecule has 10 rings (SSSR count). The third-order valence-electron chi connectivity index (χ3n) is 14.0. The number of phenols is 1. The maximum atomic E-state index is 13.5. The normalized spacial score (nSPS) is 23.1. The van der Waals surface area contributed by atoms with Gasteiger partial charge in [0.1, 0.15) is 11.8 Å². The van der Waals surface area contributed by atoms with Crippen molar-refractivity contribution in [3.63, 3.8) is 0 Å². The van der Waals surface area contributed by atoms with Crippen molar-refractivity contribution in [2.75, 3.05) is 72.8 Å². The standard InChI is InChI=1S/C47H52N10O6/c48-44-40(25-38(50-51-44)36-6-1-2-7-41(36)58)55-27-33-8-9-34(28-55)56(33)32-5-3-4-30(22-32)26-52-18-20-54(21-19-52)43(60)23-29-14-16-53(17-15-29)31-10-11-35-37(24-31)47(63)57(46(35)62)39-12-13-42(59)49-45(39)61/h1-7,10-11,22,24-25,29,33-34,39,58H,8-9,12-21,23,26-28H2,(H2,48,51)(H,49,59,61). The first kappa shape index (κ1) is 40.5. The molecule has 16 heteroatoms. The van der Waals surface area contributed by atoms with Crippen LogP contribution in [0.4, 0.5) is 22.9 Å². The van der Waals surface area contributed by atoms with Crippen molar-refractivity contribution in [3.8, 4) is 17.0 Å². The molecule has 4 N–H and O–H groups in total. The van der Waals surface area contributed by atoms with Gasteiger partial charge < -0.3 is 30.4 Å². The molecule has 4 aromatic rings. The topological polar surface area (TPSA) is 189 Å². The van der Waals surface area contributed by atoms with Gasteiger partial charge in [0, 0.05) is 101 Å². The van der Waals surface area contributed by atoms with Crippen LogP contribution >= 0.6 is 0 Å². The van der Waals surface area contributed by atoms with Gasteiger partial charge in [0.05, 0.1) is 22.5 Å². The van der Waals surface area contributed by atoms with Gasteiger partial charge in [0.15, 0.2) is 5.82 Å². The quantitative estimate of drug-likeness (QED) is 0.207. The number of aromatic hydroxyl groups is 1. The molecule has 1 aromatic heterocycles. The molecule has 3 unspecified atom stereocenters. The van der Waals surface area contributed by atoms with Crippen LogP contribution in [0.1, 0.15) is 71.2 Å². The molecule has 6 aliphatic heterocycles. The van der Waals surface area contributed by atoms with Crippen molar-refractivity contribution in [1.29, 1.82) is 0 Å². The number of anilines is 4. The molecule has 5 fully saturated rings. The Morgan fingerprint density at radius 3 is 2.22 bits per heavy atom. The molecule has 16 nitrogen and oxygen atoms in total. The van der Waals surface area contributed by atoms with Gasteiger partial charge in [-0.3, -0.25) is 39.1 Å². The number of hydrogen-bond donors (Lipinski definition) is 3. The van der Waals surface area contributed by atoms with Crippen molar-refractivity contribution >= 4 is 52.4 Å². The average molecular weight is 853 g/mol. The summed E-state index contributed by atoms with van der Waals surface area (Å²) in [5.74, 6) is -1.01. The fourth-order valence-corrected chi connectivity index (χ4v) is 10.6. The number of nitrogens with two attached hydrogens (primary N) is 1. The van der Waals surface area contributed by atoms with Crippen LogP contribution in [-0.2, 0) is 20.9 Å². The molecule has 0 radical (unpaired) electrons. The summed E-state index contributed by atoms with van der Waals surface area (Å²) in [6.45, 7) is 7.00. The fraction of sp³-hybridized carbons (Fsp3) is 0.426. The van der Waals surface area contributed by atoms with E-state index in [9.17, 15) is 29.1 Å². The summed E-state index contributed by atoms with van der Waals surface area (Å²) in [6.07, 6.45) is 4.61. The number of fused-ring (bicyclic) bond motifs is 3. The molecule has 7 heterocycles. The Hall–Kier alpha value is -6.55. The zero-order valence-corrected chi connectivity index (χ0v) is 35.2. The van der Waals surface area contributed by atoms with Crippen molar-refractivity contribution in [1.82, 2.24) is 30.2 Å². The van der Waals surface area contributed by atoms with Gasteiger partial charge in [-0.15, -0.1) is 10.2 Å². The molecule has 3 aromatic carbocycles. The maximum Gasteiger partial charge on any atom is 0.262 e. The zero-order valence-electron chi connectivity index (χ0n) is 35.2. The van der Waals surface area contributed by atoms with Gasteiger partial charge >= 0.3 is 0 Å². The van der Waals surface area contributed by atoms with Crippen LogP contribution in [0.3, 0.4) is 0 Å². The minimum Gasteiger partial charge on any atom is -0.507 e. The summed E-state index contributed by atoms with van der Waals surface area (Å²) < 4.78 is 0. The summed E-state index contributed by atoms with van der Waals surface area (Å²) >= 11 is 0. The van der Waals surface area contributed by atoms with Crippen molar-refractivity contribution in [3.05, 3.63) is 89.5 Å². The number of phenolic OH excluding ortho intramolecular Hbond substituents is 1. The number of benzene rings is 3. The molecule has 2 bridgehead atoms. The van der Waals surface area contributed by atoms with E-state index in [2.05, 4.69) is 59.4 Å². The second kappa shape index (κ2) is 16.6. The van der Waals surface area contributed by atoms with Gasteiger partial charge in [-0.25, -0.2) is 0 Å². The van der Waals surface area contributed by atoms with E-state index in [4.69, 9.17) is 5.73 Å². The van der Waals surface area contributed by atoms with Crippen molar-refractivity contribution in [2.24, 2.45) is 5.92 Å². The number of carbonyl (C=O) groups excluding carboxylic acids is 5. The molecule has 0 spiro atoms. The molecule has 5 saturated heterocycles. The number of nitrogen functional groups attached to an aromatic ring is 1. The highest BCUT2D eigenvalue weighted by Gasteiger charge is 2.45. The minimum atomic E-state index is -0.991. The summed E-state index contributed by atoms with van der Waals surface area (Å²) in [5, 5.41) is 21.2. The van der Waals surface area contributed by atoms with Gasteiger partial charge in [-0.05, 0) is 92.1 Å². The second-order valence-electron chi connectivity index (χ2n) is 17.9. The number of hydrogen-bond acceptors (Lipinski definition) is 13. The van der Waals surface area contributed by atoms with E-state index in [0.717, 1.165) is 87.8 Å². The number of nitrogens with zero attached hydrogens (tertiary/aromatic N) is 8. The van der Waals surface area contributed by atoms with Crippen LogP contribution in [0.15, 0.2) is 72.8 Å². The molecule has 0 saturated carbocycles. The lowest BCUT2D eigenvalue weighted by atomic mass is 9.92. The Morgan fingerprint density at radius 1 is 0.730 bits per heavy atom. The van der Waals surface area contributed by atoms with Crippen LogP contribution in [0.25, 0.3) is 11.3 Å².